The van der Waals surface area contributed by atoms with Crippen LogP contribution in [0.4, 0.5) is 0 Å². The molecule has 1 aromatic carbocycles. The number of oxazole rings is 1. The molecular weight excluding hydrogens is 236 g/mol. The van der Waals surface area contributed by atoms with Crippen LogP contribution >= 0.6 is 0 Å². The molecule has 6 heteroatoms. The number of aromatic amines is 1. The van der Waals surface area contributed by atoms with Crippen molar-refractivity contribution in [2.45, 2.75) is 13.5 Å². The van der Waals surface area contributed by atoms with Crippen LogP contribution in [0.25, 0.3) is 11.1 Å². The highest BCUT2D eigenvalue weighted by molar-refractivity contribution is 5.72. The molecule has 0 saturated heterocycles. The molecule has 2 aromatic rings. The van der Waals surface area contributed by atoms with E-state index in [1.807, 2.05) is 6.07 Å². The fourth-order valence-corrected chi connectivity index (χ4v) is 1.62. The average molecular weight is 250 g/mol. The summed E-state index contributed by atoms with van der Waals surface area (Å²) in [5, 5.41) is 11.8. The van der Waals surface area contributed by atoms with E-state index >= 15 is 0 Å². The zero-order valence-electron chi connectivity index (χ0n) is 9.90. The molecule has 2 rings (SSSR count). The topological polar surface area (TPSA) is 95.3 Å². The highest BCUT2D eigenvalue weighted by atomic mass is 16.4. The van der Waals surface area contributed by atoms with Gasteiger partial charge in [-0.05, 0) is 17.7 Å². The van der Waals surface area contributed by atoms with Gasteiger partial charge < -0.3 is 14.8 Å². The van der Waals surface area contributed by atoms with Crippen molar-refractivity contribution in [1.29, 1.82) is 0 Å². The summed E-state index contributed by atoms with van der Waals surface area (Å²) in [5.41, 5.74) is 2.09. The number of benzene rings is 1. The van der Waals surface area contributed by atoms with Gasteiger partial charge in [0.2, 0.25) is 0 Å². The number of aliphatic carboxylic acids is 1. The minimum atomic E-state index is -0.824. The van der Waals surface area contributed by atoms with Crippen molar-refractivity contribution >= 4 is 17.1 Å². The number of carboxylic acid groups (broad SMARTS) is 1. The van der Waals surface area contributed by atoms with Crippen LogP contribution < -0.4 is 11.1 Å². The number of carbonyl (C=O) groups is 1. The predicted molar refractivity (Wildman–Crippen MR) is 65.3 cm³/mol. The molecule has 0 spiro atoms. The Morgan fingerprint density at radius 3 is 3.06 bits per heavy atom. The van der Waals surface area contributed by atoms with Crippen LogP contribution in [0.3, 0.4) is 0 Å². The maximum absolute atomic E-state index is 11.0. The molecule has 1 atom stereocenters. The lowest BCUT2D eigenvalue weighted by Crippen LogP contribution is -2.25. The molecule has 18 heavy (non-hydrogen) atoms. The van der Waals surface area contributed by atoms with Gasteiger partial charge in [0.25, 0.3) is 0 Å². The summed E-state index contributed by atoms with van der Waals surface area (Å²) in [6.45, 7) is 2.57. The van der Waals surface area contributed by atoms with Gasteiger partial charge in [-0.3, -0.25) is 9.78 Å². The van der Waals surface area contributed by atoms with Gasteiger partial charge >= 0.3 is 11.7 Å². The third-order valence-electron chi connectivity index (χ3n) is 2.69. The molecule has 6 nitrogen and oxygen atoms in total. The summed E-state index contributed by atoms with van der Waals surface area (Å²) < 4.78 is 4.94. The van der Waals surface area contributed by atoms with E-state index in [0.717, 1.165) is 5.56 Å². The first-order valence-electron chi connectivity index (χ1n) is 5.61. The van der Waals surface area contributed by atoms with Crippen LogP contribution in [-0.2, 0) is 11.3 Å². The van der Waals surface area contributed by atoms with Gasteiger partial charge in [-0.1, -0.05) is 13.0 Å². The second kappa shape index (κ2) is 5.05. The third-order valence-corrected chi connectivity index (χ3v) is 2.69. The van der Waals surface area contributed by atoms with E-state index in [1.54, 1.807) is 19.1 Å². The molecule has 0 saturated carbocycles. The predicted octanol–water partition coefficient (Wildman–Crippen LogP) is 0.931. The van der Waals surface area contributed by atoms with Crippen LogP contribution in [0.5, 0.6) is 0 Å². The fraction of sp³-hybridized carbons (Fsp3) is 0.333. The summed E-state index contributed by atoms with van der Waals surface area (Å²) in [4.78, 5) is 24.2. The number of H-pyrrole nitrogens is 1. The van der Waals surface area contributed by atoms with Gasteiger partial charge in [0.15, 0.2) is 5.58 Å². The molecule has 96 valence electrons. The van der Waals surface area contributed by atoms with Gasteiger partial charge in [-0.15, -0.1) is 0 Å². The normalized spacial score (nSPS) is 12.7. The molecule has 0 aliphatic carbocycles. The first-order valence-corrected chi connectivity index (χ1v) is 5.61. The largest absolute Gasteiger partial charge is 0.481 e. The maximum atomic E-state index is 11.0. The van der Waals surface area contributed by atoms with E-state index in [9.17, 15) is 9.59 Å². The number of carboxylic acids is 1. The molecule has 0 aliphatic heterocycles. The van der Waals surface area contributed by atoms with Gasteiger partial charge in [0.1, 0.15) is 0 Å². The Balaban J connectivity index is 1.99. The molecule has 0 amide bonds. The Kier molecular flexibility index (Phi) is 3.47. The fourth-order valence-electron chi connectivity index (χ4n) is 1.62. The third kappa shape index (κ3) is 2.78. The number of hydrogen-bond acceptors (Lipinski definition) is 4. The average Bonchev–Trinajstić information content (AvgIpc) is 2.68. The summed E-state index contributed by atoms with van der Waals surface area (Å²) in [7, 11) is 0. The number of nitrogens with one attached hydrogen (secondary N) is 2. The Hall–Kier alpha value is -2.08. The summed E-state index contributed by atoms with van der Waals surface area (Å²) >= 11 is 0. The smallest absolute Gasteiger partial charge is 0.417 e. The Morgan fingerprint density at radius 2 is 2.33 bits per heavy atom. The standard InChI is InChI=1S/C12H14N2O4/c1-7(11(15)16)5-13-6-8-2-3-9-10(4-8)18-12(17)14-9/h2-4,7,13H,5-6H2,1H3,(H,14,17)(H,15,16). The molecule has 0 bridgehead atoms. The molecular formula is C12H14N2O4. The molecule has 0 aliphatic rings. The first kappa shape index (κ1) is 12.4. The first-order chi connectivity index (χ1) is 8.56. The lowest BCUT2D eigenvalue weighted by Gasteiger charge is -2.07. The van der Waals surface area contributed by atoms with Crippen molar-refractivity contribution in [3.63, 3.8) is 0 Å². The number of aromatic nitrogens is 1. The van der Waals surface area contributed by atoms with Crippen LogP contribution in [0.15, 0.2) is 27.4 Å². The molecule has 0 fully saturated rings. The number of fused-ring (bicyclic) bond motifs is 1. The van der Waals surface area contributed by atoms with Crippen LogP contribution in [0.2, 0.25) is 0 Å². The minimum absolute atomic E-state index is 0.393. The van der Waals surface area contributed by atoms with Crippen molar-refractivity contribution in [2.75, 3.05) is 6.54 Å². The van der Waals surface area contributed by atoms with Crippen molar-refractivity contribution < 1.29 is 14.3 Å². The van der Waals surface area contributed by atoms with Gasteiger partial charge in [-0.25, -0.2) is 4.79 Å². The SMILES string of the molecule is CC(CNCc1ccc2[nH]c(=O)oc2c1)C(=O)O. The second-order valence-corrected chi connectivity index (χ2v) is 4.22. The van der Waals surface area contributed by atoms with E-state index < -0.39 is 17.6 Å². The molecule has 1 heterocycles. The van der Waals surface area contributed by atoms with E-state index in [2.05, 4.69) is 10.3 Å². The van der Waals surface area contributed by atoms with Gasteiger partial charge in [0.05, 0.1) is 11.4 Å². The van der Waals surface area contributed by atoms with Gasteiger partial charge in [0, 0.05) is 13.1 Å². The van der Waals surface area contributed by atoms with E-state index in [1.165, 1.54) is 0 Å². The quantitative estimate of drug-likeness (QED) is 0.733. The van der Waals surface area contributed by atoms with Crippen LogP contribution in [0.1, 0.15) is 12.5 Å². The van der Waals surface area contributed by atoms with Crippen LogP contribution in [0, 0.1) is 5.92 Å². The Morgan fingerprint density at radius 1 is 1.56 bits per heavy atom. The van der Waals surface area contributed by atoms with Crippen molar-refractivity contribution in [2.24, 2.45) is 5.92 Å². The van der Waals surface area contributed by atoms with Crippen molar-refractivity contribution in [3.8, 4) is 0 Å². The van der Waals surface area contributed by atoms with Crippen molar-refractivity contribution in [3.05, 3.63) is 34.3 Å². The van der Waals surface area contributed by atoms with E-state index in [4.69, 9.17) is 9.52 Å². The van der Waals surface area contributed by atoms with Gasteiger partial charge in [-0.2, -0.15) is 0 Å². The maximum Gasteiger partial charge on any atom is 0.417 e. The molecule has 1 aromatic heterocycles. The summed E-state index contributed by atoms with van der Waals surface area (Å²) in [6, 6.07) is 5.37. The molecule has 0 radical (unpaired) electrons. The summed E-state index contributed by atoms with van der Waals surface area (Å²) in [5.74, 6) is -1.73. The second-order valence-electron chi connectivity index (χ2n) is 4.22. The highest BCUT2D eigenvalue weighted by Crippen LogP contribution is 2.12. The van der Waals surface area contributed by atoms with E-state index in [0.29, 0.717) is 24.2 Å². The number of rotatable bonds is 5. The lowest BCUT2D eigenvalue weighted by atomic mass is 10.1. The summed E-state index contributed by atoms with van der Waals surface area (Å²) in [6.07, 6.45) is 0. The van der Waals surface area contributed by atoms with Crippen LogP contribution in [-0.4, -0.2) is 22.6 Å². The minimum Gasteiger partial charge on any atom is -0.481 e. The molecule has 3 N–H and O–H groups in total. The Bertz CT molecular complexity index is 614. The van der Waals surface area contributed by atoms with Crippen molar-refractivity contribution in [1.82, 2.24) is 10.3 Å². The Labute approximate surface area is 103 Å². The molecule has 1 unspecified atom stereocenters. The monoisotopic (exact) mass is 250 g/mol. The highest BCUT2D eigenvalue weighted by Gasteiger charge is 2.09. The zero-order valence-corrected chi connectivity index (χ0v) is 9.90. The van der Waals surface area contributed by atoms with E-state index in [-0.39, 0.29) is 0 Å². The lowest BCUT2D eigenvalue weighted by molar-refractivity contribution is -0.140. The number of hydrogen-bond donors (Lipinski definition) is 3. The zero-order chi connectivity index (χ0) is 13.1.